The number of pyridine rings is 1. The van der Waals surface area contributed by atoms with Gasteiger partial charge in [0.2, 0.25) is 0 Å². The van der Waals surface area contributed by atoms with E-state index in [0.717, 1.165) is 48.4 Å². The summed E-state index contributed by atoms with van der Waals surface area (Å²) in [5, 5.41) is 16.6. The Bertz CT molecular complexity index is 1000. The molecule has 0 fully saturated rings. The van der Waals surface area contributed by atoms with Crippen LogP contribution in [0.2, 0.25) is 0 Å². The Kier molecular flexibility index (Phi) is 8.63. The van der Waals surface area contributed by atoms with E-state index >= 15 is 0 Å². The summed E-state index contributed by atoms with van der Waals surface area (Å²) in [6.45, 7) is 7.43. The molecular weight excluding hydrogens is 400 g/mol. The van der Waals surface area contributed by atoms with Gasteiger partial charge in [0.05, 0.1) is 0 Å². The molecule has 0 aliphatic rings. The molecule has 3 rings (SSSR count). The van der Waals surface area contributed by atoms with Crippen molar-refractivity contribution in [2.24, 2.45) is 0 Å². The minimum absolute atomic E-state index is 0.142. The third kappa shape index (κ3) is 6.82. The van der Waals surface area contributed by atoms with Gasteiger partial charge in [-0.2, -0.15) is 0 Å². The number of nitrogens with one attached hydrogen (secondary N) is 2. The third-order valence-electron chi connectivity index (χ3n) is 5.16. The van der Waals surface area contributed by atoms with Crippen molar-refractivity contribution in [2.75, 3.05) is 18.4 Å². The highest BCUT2D eigenvalue weighted by atomic mass is 16.3. The first-order valence-electron chi connectivity index (χ1n) is 11.2. The van der Waals surface area contributed by atoms with Crippen molar-refractivity contribution in [3.05, 3.63) is 83.7 Å². The number of rotatable bonds is 11. The number of phenolic OH excluding ortho intramolecular Hbond substituents is 1. The van der Waals surface area contributed by atoms with Crippen LogP contribution in [0.1, 0.15) is 48.2 Å². The van der Waals surface area contributed by atoms with Gasteiger partial charge in [0, 0.05) is 48.0 Å². The molecule has 3 N–H and O–H groups in total. The van der Waals surface area contributed by atoms with E-state index in [4.69, 9.17) is 0 Å². The van der Waals surface area contributed by atoms with E-state index in [-0.39, 0.29) is 5.91 Å². The molecule has 0 radical (unpaired) electrons. The highest BCUT2D eigenvalue weighted by Gasteiger charge is 2.11. The van der Waals surface area contributed by atoms with Crippen molar-refractivity contribution in [2.45, 2.75) is 39.8 Å². The number of hydrogen-bond acceptors (Lipinski definition) is 5. The Labute approximate surface area is 190 Å². The quantitative estimate of drug-likeness (QED) is 0.394. The van der Waals surface area contributed by atoms with Gasteiger partial charge in [-0.25, -0.2) is 0 Å². The number of carbonyl (C=O) groups is 1. The molecule has 0 unspecified atom stereocenters. The average Bonchev–Trinajstić information content (AvgIpc) is 2.80. The largest absolute Gasteiger partial charge is 0.508 e. The van der Waals surface area contributed by atoms with E-state index in [2.05, 4.69) is 34.4 Å². The molecule has 0 atom stereocenters. The predicted molar refractivity (Wildman–Crippen MR) is 129 cm³/mol. The predicted octanol–water partition coefficient (Wildman–Crippen LogP) is 5.08. The number of anilines is 2. The summed E-state index contributed by atoms with van der Waals surface area (Å²) in [6, 6.07) is 16.7. The second kappa shape index (κ2) is 11.9. The molecule has 0 saturated carbocycles. The summed E-state index contributed by atoms with van der Waals surface area (Å²) in [5.41, 5.74) is 4.18. The maximum absolute atomic E-state index is 12.7. The standard InChI is InChI=1S/C26H32N4O2/c1-3-14-30(15-4-2)19-22-16-20(8-9-25(22)31)18-28-26(32)21-6-5-7-24(17-21)29-23-10-12-27-13-11-23/h5-13,16-17,31H,3-4,14-15,18-19H2,1-2H3,(H,27,29)(H,28,32). The Morgan fingerprint density at radius 1 is 0.969 bits per heavy atom. The summed E-state index contributed by atoms with van der Waals surface area (Å²) in [7, 11) is 0. The number of aromatic nitrogens is 1. The van der Waals surface area contributed by atoms with Gasteiger partial charge in [-0.05, 0) is 74.0 Å². The van der Waals surface area contributed by atoms with Crippen LogP contribution in [0.15, 0.2) is 67.0 Å². The molecule has 6 nitrogen and oxygen atoms in total. The zero-order valence-electron chi connectivity index (χ0n) is 18.8. The summed E-state index contributed by atoms with van der Waals surface area (Å²) in [4.78, 5) is 19.1. The molecule has 32 heavy (non-hydrogen) atoms. The van der Waals surface area contributed by atoms with Crippen LogP contribution in [-0.4, -0.2) is 34.0 Å². The SMILES string of the molecule is CCCN(CCC)Cc1cc(CNC(=O)c2cccc(Nc3ccncc3)c2)ccc1O. The molecule has 0 spiro atoms. The van der Waals surface area contributed by atoms with Gasteiger partial charge in [-0.1, -0.05) is 26.0 Å². The Balaban J connectivity index is 1.62. The molecule has 1 aromatic heterocycles. The minimum atomic E-state index is -0.142. The average molecular weight is 433 g/mol. The lowest BCUT2D eigenvalue weighted by Crippen LogP contribution is -2.25. The molecule has 2 aromatic carbocycles. The van der Waals surface area contributed by atoms with Crippen LogP contribution in [0, 0.1) is 0 Å². The molecule has 0 bridgehead atoms. The van der Waals surface area contributed by atoms with Gasteiger partial charge in [0.1, 0.15) is 5.75 Å². The van der Waals surface area contributed by atoms with Gasteiger partial charge in [-0.15, -0.1) is 0 Å². The number of phenols is 1. The van der Waals surface area contributed by atoms with Crippen molar-refractivity contribution in [3.8, 4) is 5.75 Å². The van der Waals surface area contributed by atoms with E-state index in [1.54, 1.807) is 24.5 Å². The lowest BCUT2D eigenvalue weighted by molar-refractivity contribution is 0.0951. The number of hydrogen-bond donors (Lipinski definition) is 3. The monoisotopic (exact) mass is 432 g/mol. The third-order valence-corrected chi connectivity index (χ3v) is 5.16. The lowest BCUT2D eigenvalue weighted by atomic mass is 10.1. The zero-order valence-corrected chi connectivity index (χ0v) is 18.8. The van der Waals surface area contributed by atoms with Gasteiger partial charge < -0.3 is 15.7 Å². The van der Waals surface area contributed by atoms with Gasteiger partial charge in [0.25, 0.3) is 5.91 Å². The van der Waals surface area contributed by atoms with Crippen LogP contribution in [0.4, 0.5) is 11.4 Å². The molecule has 0 aliphatic heterocycles. The van der Waals surface area contributed by atoms with Crippen molar-refractivity contribution in [1.29, 1.82) is 0 Å². The van der Waals surface area contributed by atoms with Crippen LogP contribution in [-0.2, 0) is 13.1 Å². The Hall–Kier alpha value is -3.38. The zero-order chi connectivity index (χ0) is 22.8. The normalized spacial score (nSPS) is 10.8. The molecular formula is C26H32N4O2. The van der Waals surface area contributed by atoms with Gasteiger partial charge in [-0.3, -0.25) is 14.7 Å². The van der Waals surface area contributed by atoms with Gasteiger partial charge >= 0.3 is 0 Å². The van der Waals surface area contributed by atoms with Crippen LogP contribution in [0.25, 0.3) is 0 Å². The van der Waals surface area contributed by atoms with Crippen molar-refractivity contribution >= 4 is 17.3 Å². The summed E-state index contributed by atoms with van der Waals surface area (Å²) in [5.74, 6) is 0.156. The van der Waals surface area contributed by atoms with E-state index in [0.29, 0.717) is 24.4 Å². The summed E-state index contributed by atoms with van der Waals surface area (Å²) >= 11 is 0. The first-order valence-corrected chi connectivity index (χ1v) is 11.2. The topological polar surface area (TPSA) is 77.5 Å². The highest BCUT2D eigenvalue weighted by molar-refractivity contribution is 5.95. The van der Waals surface area contributed by atoms with Crippen LogP contribution in [0.3, 0.4) is 0 Å². The van der Waals surface area contributed by atoms with E-state index < -0.39 is 0 Å². The van der Waals surface area contributed by atoms with Crippen molar-refractivity contribution in [3.63, 3.8) is 0 Å². The second-order valence-corrected chi connectivity index (χ2v) is 7.86. The molecule has 6 heteroatoms. The smallest absolute Gasteiger partial charge is 0.251 e. The lowest BCUT2D eigenvalue weighted by Gasteiger charge is -2.22. The molecule has 168 valence electrons. The molecule has 1 amide bonds. The number of nitrogens with zero attached hydrogens (tertiary/aromatic N) is 2. The fourth-order valence-electron chi connectivity index (χ4n) is 3.64. The molecule has 0 aliphatic carbocycles. The fourth-order valence-corrected chi connectivity index (χ4v) is 3.64. The Morgan fingerprint density at radius 2 is 1.72 bits per heavy atom. The van der Waals surface area contributed by atoms with Gasteiger partial charge in [0.15, 0.2) is 0 Å². The van der Waals surface area contributed by atoms with E-state index in [1.807, 2.05) is 42.5 Å². The summed E-state index contributed by atoms with van der Waals surface area (Å²) in [6.07, 6.45) is 5.58. The van der Waals surface area contributed by atoms with Crippen LogP contribution < -0.4 is 10.6 Å². The molecule has 1 heterocycles. The Morgan fingerprint density at radius 3 is 2.44 bits per heavy atom. The minimum Gasteiger partial charge on any atom is -0.508 e. The summed E-state index contributed by atoms with van der Waals surface area (Å²) < 4.78 is 0. The highest BCUT2D eigenvalue weighted by Crippen LogP contribution is 2.21. The van der Waals surface area contributed by atoms with Crippen molar-refractivity contribution in [1.82, 2.24) is 15.2 Å². The number of amides is 1. The molecule has 0 saturated heterocycles. The maximum atomic E-state index is 12.7. The number of carbonyl (C=O) groups excluding carboxylic acids is 1. The van der Waals surface area contributed by atoms with Crippen LogP contribution >= 0.6 is 0 Å². The molecule has 3 aromatic rings. The van der Waals surface area contributed by atoms with E-state index in [1.165, 1.54) is 0 Å². The van der Waals surface area contributed by atoms with E-state index in [9.17, 15) is 9.90 Å². The number of aromatic hydroxyl groups is 1. The fraction of sp³-hybridized carbons (Fsp3) is 0.308. The maximum Gasteiger partial charge on any atom is 0.251 e. The second-order valence-electron chi connectivity index (χ2n) is 7.86. The van der Waals surface area contributed by atoms with Crippen molar-refractivity contribution < 1.29 is 9.90 Å². The van der Waals surface area contributed by atoms with Crippen LogP contribution in [0.5, 0.6) is 5.75 Å². The number of benzene rings is 2. The first kappa shape index (κ1) is 23.3. The first-order chi connectivity index (χ1) is 15.6.